The highest BCUT2D eigenvalue weighted by Gasteiger charge is 2.53. The predicted octanol–water partition coefficient (Wildman–Crippen LogP) is 3.49. The van der Waals surface area contributed by atoms with Crippen LogP contribution in [0, 0.1) is 11.8 Å². The Bertz CT molecular complexity index is 926. The average Bonchev–Trinajstić information content (AvgIpc) is 3.40. The van der Waals surface area contributed by atoms with Gasteiger partial charge in [-0.25, -0.2) is 0 Å². The maximum atomic E-state index is 13.2. The van der Waals surface area contributed by atoms with Gasteiger partial charge in [0, 0.05) is 12.1 Å². The lowest BCUT2D eigenvalue weighted by Gasteiger charge is -2.53. The zero-order valence-corrected chi connectivity index (χ0v) is 16.4. The normalized spacial score (nSPS) is 30.8. The van der Waals surface area contributed by atoms with Crippen molar-refractivity contribution in [2.45, 2.75) is 50.1 Å². The van der Waals surface area contributed by atoms with Crippen molar-refractivity contribution >= 4 is 15.9 Å². The molecule has 4 rings (SSSR count). The van der Waals surface area contributed by atoms with Crippen molar-refractivity contribution < 1.29 is 30.6 Å². The number of nitrogens with zero attached hydrogens (tertiary/aromatic N) is 1. The molecule has 0 aromatic heterocycles. The lowest BCUT2D eigenvalue weighted by molar-refractivity contribution is -0.0500. The van der Waals surface area contributed by atoms with Gasteiger partial charge in [0.1, 0.15) is 5.75 Å². The predicted molar refractivity (Wildman–Crippen MR) is 95.6 cm³/mol. The maximum absolute atomic E-state index is 13.2. The molecule has 0 radical (unpaired) electrons. The van der Waals surface area contributed by atoms with Gasteiger partial charge in [0.05, 0.1) is 6.04 Å². The van der Waals surface area contributed by atoms with Crippen molar-refractivity contribution in [2.24, 2.45) is 11.8 Å². The van der Waals surface area contributed by atoms with E-state index in [9.17, 15) is 26.4 Å². The van der Waals surface area contributed by atoms with E-state index in [4.69, 9.17) is 0 Å². The molecule has 5 nitrogen and oxygen atoms in total. The summed E-state index contributed by atoms with van der Waals surface area (Å²) in [4.78, 5) is 15.4. The van der Waals surface area contributed by atoms with Gasteiger partial charge < -0.3 is 4.18 Å². The Labute approximate surface area is 162 Å². The lowest BCUT2D eigenvalue weighted by atomic mass is 9.58. The van der Waals surface area contributed by atoms with Crippen molar-refractivity contribution in [3.63, 3.8) is 0 Å². The molecule has 2 bridgehead atoms. The number of hydrogen-bond acceptors (Lipinski definition) is 5. The van der Waals surface area contributed by atoms with Gasteiger partial charge in [-0.1, -0.05) is 13.8 Å². The molecule has 1 heterocycles. The van der Waals surface area contributed by atoms with Gasteiger partial charge in [-0.05, 0) is 66.8 Å². The Hall–Kier alpha value is -1.61. The second-order valence-electron chi connectivity index (χ2n) is 8.39. The first-order valence-electron chi connectivity index (χ1n) is 9.37. The number of alkyl halides is 3. The molecule has 2 fully saturated rings. The third-order valence-electron chi connectivity index (χ3n) is 6.61. The van der Waals surface area contributed by atoms with Gasteiger partial charge in [-0.2, -0.15) is 21.6 Å². The van der Waals surface area contributed by atoms with Crippen molar-refractivity contribution in [1.82, 2.24) is 4.90 Å². The Morgan fingerprint density at radius 2 is 1.96 bits per heavy atom. The van der Waals surface area contributed by atoms with Crippen LogP contribution in [0.1, 0.15) is 49.0 Å². The van der Waals surface area contributed by atoms with Gasteiger partial charge in [-0.3, -0.25) is 9.69 Å². The first kappa shape index (κ1) is 19.7. The maximum Gasteiger partial charge on any atom is 0.534 e. The third kappa shape index (κ3) is 3.03. The van der Waals surface area contributed by atoms with E-state index in [-0.39, 0.29) is 17.7 Å². The number of hydrogen-bond donors (Lipinski definition) is 0. The Morgan fingerprint density at radius 1 is 1.29 bits per heavy atom. The van der Waals surface area contributed by atoms with Crippen LogP contribution in [-0.2, 0) is 15.5 Å². The van der Waals surface area contributed by atoms with Crippen LogP contribution < -0.4 is 4.18 Å². The first-order chi connectivity index (χ1) is 12.9. The molecule has 2 aliphatic carbocycles. The SMILES string of the molecule is C[C@H]1[C@H]2C(=O)c3ccc(OS(=O)(=O)C(F)(F)F)cc3[C@@]1(C)CCN2CC1CC1. The number of ketones is 1. The second kappa shape index (κ2) is 6.19. The number of carbonyl (C=O) groups excluding carboxylic acids is 1. The molecule has 1 saturated heterocycles. The average molecular weight is 417 g/mol. The standard InChI is InChI=1S/C19H22F3NO4S/c1-11-16-17(24)14-6-5-13(27-28(25,26)19(20,21)22)9-15(14)18(11,2)7-8-23(16)10-12-3-4-12/h5-6,9,11-12,16H,3-4,7-8,10H2,1-2H3/t11-,16-,18-/m0/s1. The molecule has 1 aromatic carbocycles. The summed E-state index contributed by atoms with van der Waals surface area (Å²) in [5, 5.41) is 0. The Balaban J connectivity index is 1.71. The van der Waals surface area contributed by atoms with Crippen LogP contribution in [0.5, 0.6) is 5.75 Å². The van der Waals surface area contributed by atoms with Gasteiger partial charge in [0.15, 0.2) is 5.78 Å². The number of benzene rings is 1. The minimum Gasteiger partial charge on any atom is -0.376 e. The fourth-order valence-corrected chi connectivity index (χ4v) is 5.06. The minimum atomic E-state index is -5.75. The quantitative estimate of drug-likeness (QED) is 0.554. The van der Waals surface area contributed by atoms with Crippen LogP contribution in [0.4, 0.5) is 13.2 Å². The number of carbonyl (C=O) groups is 1. The summed E-state index contributed by atoms with van der Waals surface area (Å²) in [5.74, 6) is 0.144. The van der Waals surface area contributed by atoms with Crippen LogP contribution in [0.15, 0.2) is 18.2 Å². The number of fused-ring (bicyclic) bond motifs is 4. The number of rotatable bonds is 4. The van der Waals surface area contributed by atoms with Crippen LogP contribution >= 0.6 is 0 Å². The molecule has 28 heavy (non-hydrogen) atoms. The number of Topliss-reactive ketones (excluding diaryl/α,β-unsaturated/α-hetero) is 1. The summed E-state index contributed by atoms with van der Waals surface area (Å²) in [6, 6.07) is 3.56. The van der Waals surface area contributed by atoms with Crippen LogP contribution in [0.25, 0.3) is 0 Å². The molecule has 1 aromatic rings. The Kier molecular flexibility index (Phi) is 4.36. The minimum absolute atomic E-state index is 0.0329. The van der Waals surface area contributed by atoms with Crippen LogP contribution in [0.3, 0.4) is 0 Å². The zero-order valence-electron chi connectivity index (χ0n) is 15.6. The van der Waals surface area contributed by atoms with Crippen LogP contribution in [0.2, 0.25) is 0 Å². The van der Waals surface area contributed by atoms with E-state index in [0.29, 0.717) is 17.0 Å². The highest BCUT2D eigenvalue weighted by atomic mass is 32.2. The van der Waals surface area contributed by atoms with E-state index in [0.717, 1.165) is 25.6 Å². The fraction of sp³-hybridized carbons (Fsp3) is 0.632. The highest BCUT2D eigenvalue weighted by Crippen LogP contribution is 2.50. The van der Waals surface area contributed by atoms with E-state index < -0.39 is 26.8 Å². The van der Waals surface area contributed by atoms with Crippen molar-refractivity contribution in [2.75, 3.05) is 13.1 Å². The molecule has 0 N–H and O–H groups in total. The van der Waals surface area contributed by atoms with Crippen LogP contribution in [-0.4, -0.2) is 43.7 Å². The number of halogens is 3. The monoisotopic (exact) mass is 417 g/mol. The summed E-state index contributed by atoms with van der Waals surface area (Å²) >= 11 is 0. The molecule has 1 saturated carbocycles. The highest BCUT2D eigenvalue weighted by molar-refractivity contribution is 7.88. The van der Waals surface area contributed by atoms with Crippen molar-refractivity contribution in [1.29, 1.82) is 0 Å². The molecule has 3 atom stereocenters. The summed E-state index contributed by atoms with van der Waals surface area (Å²) in [6.07, 6.45) is 3.12. The summed E-state index contributed by atoms with van der Waals surface area (Å²) in [6.45, 7) is 5.62. The molecule has 0 amide bonds. The first-order valence-corrected chi connectivity index (χ1v) is 10.8. The van der Waals surface area contributed by atoms with E-state index in [1.807, 2.05) is 13.8 Å². The molecule has 3 aliphatic rings. The van der Waals surface area contributed by atoms with Gasteiger partial charge in [0.25, 0.3) is 0 Å². The van der Waals surface area contributed by atoms with Crippen molar-refractivity contribution in [3.05, 3.63) is 29.3 Å². The smallest absolute Gasteiger partial charge is 0.376 e. The molecular weight excluding hydrogens is 395 g/mol. The molecule has 154 valence electrons. The zero-order chi connectivity index (χ0) is 20.5. The lowest BCUT2D eigenvalue weighted by Crippen LogP contribution is -2.61. The topological polar surface area (TPSA) is 63.7 Å². The van der Waals surface area contributed by atoms with Gasteiger partial charge in [0.2, 0.25) is 0 Å². The van der Waals surface area contributed by atoms with Crippen molar-refractivity contribution in [3.8, 4) is 5.75 Å². The molecular formula is C19H22F3NO4S. The molecule has 0 spiro atoms. The Morgan fingerprint density at radius 3 is 2.57 bits per heavy atom. The largest absolute Gasteiger partial charge is 0.534 e. The van der Waals surface area contributed by atoms with Gasteiger partial charge in [-0.15, -0.1) is 0 Å². The van der Waals surface area contributed by atoms with E-state index in [2.05, 4.69) is 9.08 Å². The van der Waals surface area contributed by atoms with E-state index in [1.54, 1.807) is 0 Å². The summed E-state index contributed by atoms with van der Waals surface area (Å²) in [7, 11) is -5.75. The summed E-state index contributed by atoms with van der Waals surface area (Å²) in [5.41, 5.74) is -4.92. The fourth-order valence-electron chi connectivity index (χ4n) is 4.61. The number of likely N-dealkylation sites (tertiary alicyclic amines) is 1. The third-order valence-corrected chi connectivity index (χ3v) is 7.59. The molecule has 1 aliphatic heterocycles. The summed E-state index contributed by atoms with van der Waals surface area (Å²) < 4.78 is 64.9. The van der Waals surface area contributed by atoms with E-state index >= 15 is 0 Å². The second-order valence-corrected chi connectivity index (χ2v) is 9.93. The molecule has 0 unspecified atom stereocenters. The van der Waals surface area contributed by atoms with Gasteiger partial charge >= 0.3 is 15.6 Å². The molecule has 9 heteroatoms. The van der Waals surface area contributed by atoms with E-state index in [1.165, 1.54) is 25.0 Å². The number of piperidine rings is 1.